The van der Waals surface area contributed by atoms with Gasteiger partial charge < -0.3 is 10.1 Å². The fourth-order valence-electron chi connectivity index (χ4n) is 2.31. The predicted molar refractivity (Wildman–Crippen MR) is 96.1 cm³/mol. The zero-order valence-electron chi connectivity index (χ0n) is 14.6. The molecule has 26 heavy (non-hydrogen) atoms. The number of alkyl halides is 3. The summed E-state index contributed by atoms with van der Waals surface area (Å²) in [6.07, 6.45) is -3.31. The SMILES string of the molecule is CCCOc1cc(C)ccc1NC(=O)/C=C(/c1ccccc1)C(F)(F)F. The lowest BCUT2D eigenvalue weighted by Crippen LogP contribution is -2.16. The van der Waals surface area contributed by atoms with Gasteiger partial charge in [-0.25, -0.2) is 0 Å². The first-order valence-corrected chi connectivity index (χ1v) is 8.20. The number of amides is 1. The van der Waals surface area contributed by atoms with Crippen LogP contribution in [0.2, 0.25) is 0 Å². The van der Waals surface area contributed by atoms with E-state index < -0.39 is 17.7 Å². The van der Waals surface area contributed by atoms with Crippen molar-refractivity contribution in [1.29, 1.82) is 0 Å². The molecule has 0 bridgehead atoms. The monoisotopic (exact) mass is 363 g/mol. The van der Waals surface area contributed by atoms with Crippen molar-refractivity contribution in [1.82, 2.24) is 0 Å². The molecule has 0 saturated heterocycles. The quantitative estimate of drug-likeness (QED) is 0.701. The number of anilines is 1. The normalized spacial score (nSPS) is 12.0. The topological polar surface area (TPSA) is 38.3 Å². The maximum absolute atomic E-state index is 13.3. The molecule has 3 nitrogen and oxygen atoms in total. The van der Waals surface area contributed by atoms with E-state index in [2.05, 4.69) is 5.32 Å². The van der Waals surface area contributed by atoms with Gasteiger partial charge in [-0.05, 0) is 36.6 Å². The van der Waals surface area contributed by atoms with Gasteiger partial charge in [0.25, 0.3) is 0 Å². The molecule has 0 atom stereocenters. The molecule has 0 heterocycles. The Balaban J connectivity index is 2.29. The van der Waals surface area contributed by atoms with Crippen molar-refractivity contribution in [2.75, 3.05) is 11.9 Å². The molecule has 0 aliphatic rings. The van der Waals surface area contributed by atoms with Crippen LogP contribution in [-0.2, 0) is 4.79 Å². The number of ether oxygens (including phenoxy) is 1. The highest BCUT2D eigenvalue weighted by Crippen LogP contribution is 2.34. The molecule has 6 heteroatoms. The number of benzene rings is 2. The molecule has 0 aromatic heterocycles. The van der Waals surface area contributed by atoms with Crippen molar-refractivity contribution in [2.45, 2.75) is 26.4 Å². The minimum Gasteiger partial charge on any atom is -0.491 e. The number of carbonyl (C=O) groups is 1. The van der Waals surface area contributed by atoms with Crippen LogP contribution in [0, 0.1) is 6.92 Å². The fourth-order valence-corrected chi connectivity index (χ4v) is 2.31. The van der Waals surface area contributed by atoms with Crippen molar-refractivity contribution >= 4 is 17.2 Å². The van der Waals surface area contributed by atoms with E-state index in [0.717, 1.165) is 12.0 Å². The van der Waals surface area contributed by atoms with Gasteiger partial charge in [-0.15, -0.1) is 0 Å². The van der Waals surface area contributed by atoms with Gasteiger partial charge in [0.1, 0.15) is 5.75 Å². The molecule has 1 N–H and O–H groups in total. The van der Waals surface area contributed by atoms with Crippen LogP contribution in [0.4, 0.5) is 18.9 Å². The Morgan fingerprint density at radius 1 is 1.15 bits per heavy atom. The minimum atomic E-state index is -4.65. The first-order chi connectivity index (χ1) is 12.3. The highest BCUT2D eigenvalue weighted by Gasteiger charge is 2.35. The summed E-state index contributed by atoms with van der Waals surface area (Å²) in [4.78, 5) is 12.2. The first kappa shape index (κ1) is 19.6. The number of hydrogen-bond donors (Lipinski definition) is 1. The molecule has 0 aliphatic heterocycles. The number of aryl methyl sites for hydroxylation is 1. The van der Waals surface area contributed by atoms with Crippen molar-refractivity contribution < 1.29 is 22.7 Å². The van der Waals surface area contributed by atoms with E-state index in [1.54, 1.807) is 24.3 Å². The average Bonchev–Trinajstić information content (AvgIpc) is 2.59. The van der Waals surface area contributed by atoms with E-state index in [-0.39, 0.29) is 5.56 Å². The maximum Gasteiger partial charge on any atom is 0.417 e. The van der Waals surface area contributed by atoms with Crippen molar-refractivity contribution in [3.63, 3.8) is 0 Å². The molecule has 0 aliphatic carbocycles. The minimum absolute atomic E-state index is 0.0680. The lowest BCUT2D eigenvalue weighted by atomic mass is 10.1. The average molecular weight is 363 g/mol. The summed E-state index contributed by atoms with van der Waals surface area (Å²) in [7, 11) is 0. The molecule has 2 aromatic rings. The zero-order valence-corrected chi connectivity index (χ0v) is 14.6. The number of halogens is 3. The molecule has 0 fully saturated rings. The van der Waals surface area contributed by atoms with Crippen molar-refractivity contribution in [2.24, 2.45) is 0 Å². The predicted octanol–water partition coefficient (Wildman–Crippen LogP) is 5.37. The molecule has 0 radical (unpaired) electrons. The highest BCUT2D eigenvalue weighted by molar-refractivity contribution is 6.05. The number of allylic oxidation sites excluding steroid dienone is 1. The number of hydrogen-bond acceptors (Lipinski definition) is 2. The summed E-state index contributed by atoms with van der Waals surface area (Å²) in [5.74, 6) is -0.437. The maximum atomic E-state index is 13.3. The van der Waals surface area contributed by atoms with Gasteiger partial charge in [-0.2, -0.15) is 13.2 Å². The molecule has 0 unspecified atom stereocenters. The number of carbonyl (C=O) groups excluding carboxylic acids is 1. The molecule has 0 saturated carbocycles. The third-order valence-corrected chi connectivity index (χ3v) is 3.52. The molecule has 138 valence electrons. The summed E-state index contributed by atoms with van der Waals surface area (Å²) in [5, 5.41) is 2.48. The van der Waals surface area contributed by atoms with E-state index in [9.17, 15) is 18.0 Å². The third-order valence-electron chi connectivity index (χ3n) is 3.52. The number of nitrogens with one attached hydrogen (secondary N) is 1. The Morgan fingerprint density at radius 3 is 2.46 bits per heavy atom. The molecule has 2 rings (SSSR count). The number of rotatable bonds is 6. The van der Waals surface area contributed by atoms with Crippen LogP contribution in [0.3, 0.4) is 0 Å². The van der Waals surface area contributed by atoms with Gasteiger partial charge in [0.05, 0.1) is 17.9 Å². The fraction of sp³-hybridized carbons (Fsp3) is 0.250. The zero-order chi connectivity index (χ0) is 19.2. The van der Waals surface area contributed by atoms with Gasteiger partial charge in [0, 0.05) is 6.08 Å². The second kappa shape index (κ2) is 8.56. The molecule has 1 amide bonds. The summed E-state index contributed by atoms with van der Waals surface area (Å²) in [5.41, 5.74) is 0.185. The van der Waals surface area contributed by atoms with Crippen LogP contribution >= 0.6 is 0 Å². The van der Waals surface area contributed by atoms with Crippen LogP contribution in [0.5, 0.6) is 5.75 Å². The van der Waals surface area contributed by atoms with Gasteiger partial charge in [0.15, 0.2) is 0 Å². The van der Waals surface area contributed by atoms with Crippen LogP contribution in [-0.4, -0.2) is 18.7 Å². The van der Waals surface area contributed by atoms with Crippen molar-refractivity contribution in [3.8, 4) is 5.75 Å². The largest absolute Gasteiger partial charge is 0.491 e. The Morgan fingerprint density at radius 2 is 1.85 bits per heavy atom. The van der Waals surface area contributed by atoms with Crippen LogP contribution in [0.25, 0.3) is 5.57 Å². The Kier molecular flexibility index (Phi) is 6.44. The highest BCUT2D eigenvalue weighted by atomic mass is 19.4. The summed E-state index contributed by atoms with van der Waals surface area (Å²) >= 11 is 0. The summed E-state index contributed by atoms with van der Waals surface area (Å²) < 4.78 is 45.6. The van der Waals surface area contributed by atoms with Crippen LogP contribution in [0.1, 0.15) is 24.5 Å². The van der Waals surface area contributed by atoms with Gasteiger partial charge >= 0.3 is 6.18 Å². The molecular weight excluding hydrogens is 343 g/mol. The van der Waals surface area contributed by atoms with Crippen LogP contribution in [0.15, 0.2) is 54.6 Å². The smallest absolute Gasteiger partial charge is 0.417 e. The lowest BCUT2D eigenvalue weighted by molar-refractivity contribution is -0.112. The van der Waals surface area contributed by atoms with E-state index in [1.165, 1.54) is 24.3 Å². The molecule has 2 aromatic carbocycles. The Labute approximate surface area is 150 Å². The summed E-state index contributed by atoms with van der Waals surface area (Å²) in [6.45, 7) is 4.24. The van der Waals surface area contributed by atoms with Gasteiger partial charge in [0.2, 0.25) is 5.91 Å². The third kappa shape index (κ3) is 5.37. The Hall–Kier alpha value is -2.76. The molecular formula is C20H20F3NO2. The van der Waals surface area contributed by atoms with Crippen LogP contribution < -0.4 is 10.1 Å². The second-order valence-corrected chi connectivity index (χ2v) is 5.76. The van der Waals surface area contributed by atoms with E-state index in [1.807, 2.05) is 13.8 Å². The van der Waals surface area contributed by atoms with E-state index in [4.69, 9.17) is 4.74 Å². The van der Waals surface area contributed by atoms with Crippen molar-refractivity contribution in [3.05, 3.63) is 65.7 Å². The first-order valence-electron chi connectivity index (χ1n) is 8.20. The lowest BCUT2D eigenvalue weighted by Gasteiger charge is -2.14. The Bertz CT molecular complexity index is 783. The second-order valence-electron chi connectivity index (χ2n) is 5.76. The molecule has 0 spiro atoms. The van der Waals surface area contributed by atoms with Gasteiger partial charge in [-0.3, -0.25) is 4.79 Å². The van der Waals surface area contributed by atoms with Gasteiger partial charge in [-0.1, -0.05) is 43.3 Å². The van der Waals surface area contributed by atoms with E-state index >= 15 is 0 Å². The summed E-state index contributed by atoms with van der Waals surface area (Å²) in [6, 6.07) is 12.3. The van der Waals surface area contributed by atoms with E-state index in [0.29, 0.717) is 24.1 Å². The standard InChI is InChI=1S/C20H20F3NO2/c1-3-11-26-18-12-14(2)9-10-17(18)24-19(25)13-16(20(21,22)23)15-7-5-4-6-8-15/h4-10,12-13H,3,11H2,1-2H3,(H,24,25)/b16-13-.